The van der Waals surface area contributed by atoms with Gasteiger partial charge < -0.3 is 10.6 Å². The van der Waals surface area contributed by atoms with Gasteiger partial charge in [0.2, 0.25) is 0 Å². The number of anilines is 1. The minimum absolute atomic E-state index is 0.232. The molecule has 3 rings (SSSR count). The topological polar surface area (TPSA) is 72.0 Å². The van der Waals surface area contributed by atoms with Gasteiger partial charge >= 0.3 is 0 Å². The average molecular weight is 232 g/mol. The van der Waals surface area contributed by atoms with Gasteiger partial charge in [-0.05, 0) is 19.9 Å². The van der Waals surface area contributed by atoms with Gasteiger partial charge in [-0.15, -0.1) is 0 Å². The molecule has 0 radical (unpaired) electrons. The molecule has 0 fully saturated rings. The van der Waals surface area contributed by atoms with Gasteiger partial charge in [-0.25, -0.2) is 4.98 Å². The van der Waals surface area contributed by atoms with Crippen molar-refractivity contribution >= 4 is 16.9 Å². The summed E-state index contributed by atoms with van der Waals surface area (Å²) in [5, 5.41) is 7.86. The number of quaternary nitrogens is 1. The number of fused-ring (bicyclic) bond motifs is 2. The minimum Gasteiger partial charge on any atom is -0.384 e. The Kier molecular flexibility index (Phi) is 1.98. The largest absolute Gasteiger partial charge is 0.384 e. The van der Waals surface area contributed by atoms with E-state index in [9.17, 15) is 0 Å². The molecule has 0 amide bonds. The van der Waals surface area contributed by atoms with Crippen LogP contribution in [0.5, 0.6) is 0 Å². The van der Waals surface area contributed by atoms with E-state index in [1.54, 1.807) is 0 Å². The van der Waals surface area contributed by atoms with E-state index in [0.717, 1.165) is 24.0 Å². The SMILES string of the molecule is C[NH+]1Cc2cc3c(N)[nH]nc3nc2CC1(C)C. The Morgan fingerprint density at radius 3 is 3.00 bits per heavy atom. The van der Waals surface area contributed by atoms with E-state index < -0.39 is 0 Å². The van der Waals surface area contributed by atoms with Crippen LogP contribution in [-0.4, -0.2) is 27.8 Å². The first-order valence-electron chi connectivity index (χ1n) is 5.92. The van der Waals surface area contributed by atoms with Crippen LogP contribution in [0, 0.1) is 0 Å². The molecule has 5 heteroatoms. The Morgan fingerprint density at radius 1 is 1.47 bits per heavy atom. The molecule has 0 aromatic carbocycles. The summed E-state index contributed by atoms with van der Waals surface area (Å²) in [5.41, 5.74) is 9.26. The number of pyridine rings is 1. The highest BCUT2D eigenvalue weighted by Crippen LogP contribution is 2.23. The smallest absolute Gasteiger partial charge is 0.183 e. The quantitative estimate of drug-likeness (QED) is 0.593. The van der Waals surface area contributed by atoms with E-state index in [-0.39, 0.29) is 5.54 Å². The summed E-state index contributed by atoms with van der Waals surface area (Å²) in [5.74, 6) is 0.609. The fourth-order valence-electron chi connectivity index (χ4n) is 2.44. The number of hydrogen-bond donors (Lipinski definition) is 3. The molecule has 0 bridgehead atoms. The zero-order valence-corrected chi connectivity index (χ0v) is 10.5. The molecule has 4 N–H and O–H groups in total. The fraction of sp³-hybridized carbons (Fsp3) is 0.500. The Morgan fingerprint density at radius 2 is 2.24 bits per heavy atom. The average Bonchev–Trinajstić information content (AvgIpc) is 2.59. The van der Waals surface area contributed by atoms with Crippen molar-refractivity contribution in [1.29, 1.82) is 0 Å². The molecule has 1 atom stereocenters. The van der Waals surface area contributed by atoms with Gasteiger partial charge in [0, 0.05) is 12.0 Å². The second-order valence-electron chi connectivity index (χ2n) is 5.62. The molecule has 0 spiro atoms. The third-order valence-corrected chi connectivity index (χ3v) is 3.96. The standard InChI is InChI=1S/C12H17N5/c1-12(2)5-9-7(6-17(12)3)4-8-10(13)15-16-11(8)14-9/h4H,5-6H2,1-3H3,(H3,13,14,15,16)/p+1. The lowest BCUT2D eigenvalue weighted by molar-refractivity contribution is -0.945. The summed E-state index contributed by atoms with van der Waals surface area (Å²) in [4.78, 5) is 6.14. The molecule has 5 nitrogen and oxygen atoms in total. The van der Waals surface area contributed by atoms with Crippen LogP contribution in [-0.2, 0) is 13.0 Å². The number of nitrogen functional groups attached to an aromatic ring is 1. The summed E-state index contributed by atoms with van der Waals surface area (Å²) in [6, 6.07) is 2.13. The minimum atomic E-state index is 0.232. The van der Waals surface area contributed by atoms with Gasteiger partial charge in [0.1, 0.15) is 12.4 Å². The predicted molar refractivity (Wildman–Crippen MR) is 66.7 cm³/mol. The number of H-pyrrole nitrogens is 1. The lowest BCUT2D eigenvalue weighted by Gasteiger charge is -2.36. The first-order chi connectivity index (χ1) is 7.97. The Balaban J connectivity index is 2.18. The van der Waals surface area contributed by atoms with Crippen molar-refractivity contribution in [2.45, 2.75) is 32.4 Å². The molecular weight excluding hydrogens is 214 g/mol. The summed E-state index contributed by atoms with van der Waals surface area (Å²) < 4.78 is 0. The highest BCUT2D eigenvalue weighted by molar-refractivity contribution is 5.86. The zero-order chi connectivity index (χ0) is 12.2. The van der Waals surface area contributed by atoms with E-state index in [0.29, 0.717) is 5.82 Å². The van der Waals surface area contributed by atoms with E-state index in [1.165, 1.54) is 16.2 Å². The molecule has 3 heterocycles. The second kappa shape index (κ2) is 3.20. The molecule has 0 saturated carbocycles. The third-order valence-electron chi connectivity index (χ3n) is 3.96. The van der Waals surface area contributed by atoms with Crippen LogP contribution in [0.4, 0.5) is 5.82 Å². The van der Waals surface area contributed by atoms with Crippen LogP contribution in [0.2, 0.25) is 0 Å². The molecule has 0 saturated heterocycles. The first kappa shape index (κ1) is 10.5. The van der Waals surface area contributed by atoms with Crippen molar-refractivity contribution in [3.63, 3.8) is 0 Å². The number of nitrogens with one attached hydrogen (secondary N) is 2. The third kappa shape index (κ3) is 1.50. The maximum absolute atomic E-state index is 5.83. The Hall–Kier alpha value is -1.62. The molecule has 2 aromatic heterocycles. The predicted octanol–water partition coefficient (Wildman–Crippen LogP) is -0.110. The van der Waals surface area contributed by atoms with E-state index in [4.69, 9.17) is 5.73 Å². The van der Waals surface area contributed by atoms with Crippen LogP contribution in [0.25, 0.3) is 11.0 Å². The number of aromatic nitrogens is 3. The number of aromatic amines is 1. The summed E-state index contributed by atoms with van der Waals surface area (Å²) in [6.45, 7) is 5.54. The molecule has 1 aliphatic heterocycles. The van der Waals surface area contributed by atoms with Gasteiger partial charge in [0.05, 0.1) is 23.7 Å². The highest BCUT2D eigenvalue weighted by Gasteiger charge is 2.35. The van der Waals surface area contributed by atoms with Gasteiger partial charge in [-0.3, -0.25) is 5.10 Å². The summed E-state index contributed by atoms with van der Waals surface area (Å²) in [7, 11) is 2.23. The lowest BCUT2D eigenvalue weighted by atomic mass is 9.89. The molecule has 0 aliphatic carbocycles. The maximum atomic E-state index is 5.83. The van der Waals surface area contributed by atoms with Crippen LogP contribution >= 0.6 is 0 Å². The number of nitrogens with zero attached hydrogens (tertiary/aromatic N) is 2. The second-order valence-corrected chi connectivity index (χ2v) is 5.62. The van der Waals surface area contributed by atoms with Crippen molar-refractivity contribution < 1.29 is 4.90 Å². The number of likely N-dealkylation sites (N-methyl/N-ethyl adjacent to an activating group) is 1. The summed E-state index contributed by atoms with van der Waals surface area (Å²) >= 11 is 0. The van der Waals surface area contributed by atoms with Crippen molar-refractivity contribution in [3.05, 3.63) is 17.3 Å². The zero-order valence-electron chi connectivity index (χ0n) is 10.5. The lowest BCUT2D eigenvalue weighted by Crippen LogP contribution is -3.16. The van der Waals surface area contributed by atoms with Gasteiger partial charge in [0.25, 0.3) is 0 Å². The van der Waals surface area contributed by atoms with Crippen molar-refractivity contribution in [1.82, 2.24) is 15.2 Å². The molecule has 2 aromatic rings. The van der Waals surface area contributed by atoms with Crippen molar-refractivity contribution in [2.24, 2.45) is 0 Å². The normalized spacial score (nSPS) is 22.6. The highest BCUT2D eigenvalue weighted by atomic mass is 15.2. The maximum Gasteiger partial charge on any atom is 0.183 e. The Bertz CT molecular complexity index is 584. The monoisotopic (exact) mass is 232 g/mol. The number of hydrogen-bond acceptors (Lipinski definition) is 3. The van der Waals surface area contributed by atoms with Gasteiger partial charge in [-0.1, -0.05) is 0 Å². The first-order valence-corrected chi connectivity index (χ1v) is 5.92. The molecule has 1 unspecified atom stereocenters. The van der Waals surface area contributed by atoms with Crippen LogP contribution in [0.3, 0.4) is 0 Å². The van der Waals surface area contributed by atoms with Crippen LogP contribution < -0.4 is 10.6 Å². The van der Waals surface area contributed by atoms with Crippen molar-refractivity contribution in [2.75, 3.05) is 12.8 Å². The van der Waals surface area contributed by atoms with E-state index >= 15 is 0 Å². The van der Waals surface area contributed by atoms with E-state index in [1.807, 2.05) is 0 Å². The van der Waals surface area contributed by atoms with Crippen LogP contribution in [0.1, 0.15) is 25.1 Å². The fourth-order valence-corrected chi connectivity index (χ4v) is 2.44. The summed E-state index contributed by atoms with van der Waals surface area (Å²) in [6.07, 6.45) is 0.983. The van der Waals surface area contributed by atoms with Crippen molar-refractivity contribution in [3.8, 4) is 0 Å². The van der Waals surface area contributed by atoms with Gasteiger partial charge in [-0.2, -0.15) is 5.10 Å². The molecule has 90 valence electrons. The van der Waals surface area contributed by atoms with E-state index in [2.05, 4.69) is 42.1 Å². The Labute approximate surface area is 100 Å². The molecule has 1 aliphatic rings. The molecular formula is C12H18N5+. The molecule has 17 heavy (non-hydrogen) atoms. The van der Waals surface area contributed by atoms with Gasteiger partial charge in [0.15, 0.2) is 5.65 Å². The van der Waals surface area contributed by atoms with Crippen LogP contribution in [0.15, 0.2) is 6.07 Å². The number of nitrogens with two attached hydrogens (primary N) is 1. The number of rotatable bonds is 0.